The molecule has 0 spiro atoms. The van der Waals surface area contributed by atoms with Crippen LogP contribution in [-0.4, -0.2) is 28.2 Å². The molecule has 0 saturated heterocycles. The molecule has 0 bridgehead atoms. The van der Waals surface area contributed by atoms with Crippen molar-refractivity contribution in [3.63, 3.8) is 0 Å². The zero-order valence-electron chi connectivity index (χ0n) is 10.0. The third-order valence-electron chi connectivity index (χ3n) is 2.40. The Morgan fingerprint density at radius 1 is 1.22 bits per heavy atom. The van der Waals surface area contributed by atoms with E-state index in [9.17, 15) is 8.42 Å². The standard InChI is InChI=1S/C10H11ClN4O2S/c1-6-4-10(14-8(3)13-6)15-7(2)9(5-12-15)18(11,16)17/h4-5H,1-3H3. The SMILES string of the molecule is Cc1cc(-n2ncc(S(=O)(=O)Cl)c2C)nc(C)n1. The molecule has 0 aliphatic rings. The van der Waals surface area contributed by atoms with Gasteiger partial charge in [-0.1, -0.05) is 0 Å². The molecule has 18 heavy (non-hydrogen) atoms. The molecule has 96 valence electrons. The summed E-state index contributed by atoms with van der Waals surface area (Å²) in [5.41, 5.74) is 1.20. The molecule has 2 heterocycles. The van der Waals surface area contributed by atoms with Crippen LogP contribution in [0.1, 0.15) is 17.2 Å². The van der Waals surface area contributed by atoms with Crippen molar-refractivity contribution in [1.29, 1.82) is 0 Å². The Labute approximate surface area is 109 Å². The van der Waals surface area contributed by atoms with Gasteiger partial charge in [-0.25, -0.2) is 23.1 Å². The lowest BCUT2D eigenvalue weighted by molar-refractivity contribution is 0.609. The summed E-state index contributed by atoms with van der Waals surface area (Å²) in [6.07, 6.45) is 1.21. The molecule has 0 unspecified atom stereocenters. The van der Waals surface area contributed by atoms with Crippen LogP contribution >= 0.6 is 10.7 Å². The Balaban J connectivity index is 2.63. The molecular weight excluding hydrogens is 276 g/mol. The van der Waals surface area contributed by atoms with E-state index in [-0.39, 0.29) is 4.90 Å². The minimum atomic E-state index is -3.80. The van der Waals surface area contributed by atoms with Gasteiger partial charge in [-0.05, 0) is 20.8 Å². The molecule has 0 radical (unpaired) electrons. The number of hydrogen-bond donors (Lipinski definition) is 0. The highest BCUT2D eigenvalue weighted by Gasteiger charge is 2.19. The highest BCUT2D eigenvalue weighted by atomic mass is 35.7. The molecule has 0 aliphatic carbocycles. The zero-order chi connectivity index (χ0) is 13.5. The van der Waals surface area contributed by atoms with Crippen LogP contribution in [0.3, 0.4) is 0 Å². The van der Waals surface area contributed by atoms with Gasteiger partial charge in [-0.2, -0.15) is 5.10 Å². The summed E-state index contributed by atoms with van der Waals surface area (Å²) in [5.74, 6) is 1.11. The topological polar surface area (TPSA) is 77.7 Å². The number of aryl methyl sites for hydroxylation is 2. The quantitative estimate of drug-likeness (QED) is 0.782. The Hall–Kier alpha value is -1.47. The predicted molar refractivity (Wildman–Crippen MR) is 66.4 cm³/mol. The summed E-state index contributed by atoms with van der Waals surface area (Å²) < 4.78 is 24.1. The molecule has 2 rings (SSSR count). The van der Waals surface area contributed by atoms with Gasteiger partial charge in [-0.3, -0.25) is 0 Å². The van der Waals surface area contributed by atoms with Crippen molar-refractivity contribution in [2.24, 2.45) is 0 Å². The molecule has 0 saturated carbocycles. The molecule has 2 aromatic heterocycles. The van der Waals surface area contributed by atoms with Gasteiger partial charge < -0.3 is 0 Å². The first kappa shape index (κ1) is 13.0. The van der Waals surface area contributed by atoms with Crippen molar-refractivity contribution in [2.45, 2.75) is 25.7 Å². The van der Waals surface area contributed by atoms with Crippen molar-refractivity contribution in [3.8, 4) is 5.82 Å². The summed E-state index contributed by atoms with van der Waals surface area (Å²) in [6, 6.07) is 1.72. The average molecular weight is 287 g/mol. The second kappa shape index (κ2) is 4.33. The summed E-state index contributed by atoms with van der Waals surface area (Å²) in [6.45, 7) is 5.21. The van der Waals surface area contributed by atoms with Gasteiger partial charge in [0, 0.05) is 22.4 Å². The molecule has 8 heteroatoms. The molecule has 0 fully saturated rings. The zero-order valence-corrected chi connectivity index (χ0v) is 11.6. The van der Waals surface area contributed by atoms with Crippen LogP contribution in [-0.2, 0) is 9.05 Å². The first-order valence-corrected chi connectivity index (χ1v) is 7.42. The van der Waals surface area contributed by atoms with Gasteiger partial charge in [0.05, 0.1) is 11.9 Å². The van der Waals surface area contributed by atoms with Crippen molar-refractivity contribution in [2.75, 3.05) is 0 Å². The first-order chi connectivity index (χ1) is 8.29. The third-order valence-corrected chi connectivity index (χ3v) is 3.82. The lowest BCUT2D eigenvalue weighted by atomic mass is 10.4. The summed E-state index contributed by atoms with van der Waals surface area (Å²) in [4.78, 5) is 8.34. The molecule has 0 atom stereocenters. The highest BCUT2D eigenvalue weighted by Crippen LogP contribution is 2.21. The van der Waals surface area contributed by atoms with E-state index >= 15 is 0 Å². The lowest BCUT2D eigenvalue weighted by Gasteiger charge is -2.05. The Kier molecular flexibility index (Phi) is 3.12. The fourth-order valence-corrected chi connectivity index (χ4v) is 2.74. The largest absolute Gasteiger partial charge is 0.264 e. The number of halogens is 1. The third kappa shape index (κ3) is 2.37. The van der Waals surface area contributed by atoms with E-state index in [0.717, 1.165) is 5.69 Å². The molecule has 2 aromatic rings. The fourth-order valence-electron chi connectivity index (χ4n) is 1.67. The van der Waals surface area contributed by atoms with E-state index in [1.807, 2.05) is 6.92 Å². The smallest absolute Gasteiger partial charge is 0.238 e. The minimum absolute atomic E-state index is 0.0157. The van der Waals surface area contributed by atoms with Crippen LogP contribution in [0.15, 0.2) is 17.2 Å². The molecule has 0 aromatic carbocycles. The van der Waals surface area contributed by atoms with Crippen LogP contribution < -0.4 is 0 Å². The van der Waals surface area contributed by atoms with Gasteiger partial charge in [0.15, 0.2) is 5.82 Å². The number of aromatic nitrogens is 4. The maximum atomic E-state index is 11.3. The molecular formula is C10H11ClN4O2S. The van der Waals surface area contributed by atoms with E-state index in [2.05, 4.69) is 15.1 Å². The maximum absolute atomic E-state index is 11.3. The van der Waals surface area contributed by atoms with Crippen molar-refractivity contribution >= 4 is 19.7 Å². The Morgan fingerprint density at radius 2 is 1.89 bits per heavy atom. The second-order valence-electron chi connectivity index (χ2n) is 3.86. The van der Waals surface area contributed by atoms with Crippen molar-refractivity contribution < 1.29 is 8.42 Å². The molecule has 0 N–H and O–H groups in total. The van der Waals surface area contributed by atoms with Crippen LogP contribution in [0.5, 0.6) is 0 Å². The summed E-state index contributed by atoms with van der Waals surface area (Å²) >= 11 is 0. The molecule has 0 aliphatic heterocycles. The predicted octanol–water partition coefficient (Wildman–Crippen LogP) is 1.52. The van der Waals surface area contributed by atoms with Crippen LogP contribution in [0.25, 0.3) is 5.82 Å². The van der Waals surface area contributed by atoms with Crippen molar-refractivity contribution in [1.82, 2.24) is 19.7 Å². The molecule has 0 amide bonds. The molecule has 6 nitrogen and oxygen atoms in total. The van der Waals surface area contributed by atoms with E-state index < -0.39 is 9.05 Å². The first-order valence-electron chi connectivity index (χ1n) is 5.11. The van der Waals surface area contributed by atoms with Gasteiger partial charge in [-0.15, -0.1) is 0 Å². The van der Waals surface area contributed by atoms with E-state index in [1.165, 1.54) is 10.9 Å². The van der Waals surface area contributed by atoms with Crippen LogP contribution in [0.4, 0.5) is 0 Å². The minimum Gasteiger partial charge on any atom is -0.238 e. The monoisotopic (exact) mass is 286 g/mol. The highest BCUT2D eigenvalue weighted by molar-refractivity contribution is 8.13. The van der Waals surface area contributed by atoms with Gasteiger partial charge in [0.25, 0.3) is 9.05 Å². The number of nitrogens with zero attached hydrogens (tertiary/aromatic N) is 4. The van der Waals surface area contributed by atoms with Gasteiger partial charge in [0.2, 0.25) is 0 Å². The van der Waals surface area contributed by atoms with E-state index in [4.69, 9.17) is 10.7 Å². The van der Waals surface area contributed by atoms with E-state index in [0.29, 0.717) is 17.3 Å². The fraction of sp³-hybridized carbons (Fsp3) is 0.300. The average Bonchev–Trinajstić information content (AvgIpc) is 2.57. The summed E-state index contributed by atoms with van der Waals surface area (Å²) in [7, 11) is 1.52. The van der Waals surface area contributed by atoms with Crippen molar-refractivity contribution in [3.05, 3.63) is 29.5 Å². The maximum Gasteiger partial charge on any atom is 0.264 e. The van der Waals surface area contributed by atoms with Crippen LogP contribution in [0.2, 0.25) is 0 Å². The van der Waals surface area contributed by atoms with E-state index in [1.54, 1.807) is 19.9 Å². The Bertz CT molecular complexity index is 688. The number of rotatable bonds is 2. The summed E-state index contributed by atoms with van der Waals surface area (Å²) in [5, 5.41) is 4.00. The van der Waals surface area contributed by atoms with Crippen LogP contribution in [0, 0.1) is 20.8 Å². The number of hydrogen-bond acceptors (Lipinski definition) is 5. The second-order valence-corrected chi connectivity index (χ2v) is 6.39. The Morgan fingerprint density at radius 3 is 2.39 bits per heavy atom. The normalized spacial score (nSPS) is 11.8. The lowest BCUT2D eigenvalue weighted by Crippen LogP contribution is -2.05. The van der Waals surface area contributed by atoms with Gasteiger partial charge >= 0.3 is 0 Å². The van der Waals surface area contributed by atoms with Gasteiger partial charge in [0.1, 0.15) is 10.7 Å².